The second kappa shape index (κ2) is 7.09. The van der Waals surface area contributed by atoms with Crippen LogP contribution in [0, 0.1) is 6.92 Å². The van der Waals surface area contributed by atoms with Crippen molar-refractivity contribution in [3.05, 3.63) is 23.8 Å². The summed E-state index contributed by atoms with van der Waals surface area (Å²) < 4.78 is 5.16. The molecule has 16 heavy (non-hydrogen) atoms. The second-order valence-corrected chi connectivity index (χ2v) is 3.64. The standard InChI is InChI=1S/C12H20N2O2/c1-10-11(13)4-2-5-12(10)14-6-3-8-16-9-7-15/h2,4-5,14-15H,3,6-9,13H2,1H3. The van der Waals surface area contributed by atoms with Crippen LogP contribution in [0.5, 0.6) is 0 Å². The van der Waals surface area contributed by atoms with Gasteiger partial charge < -0.3 is 20.9 Å². The molecule has 0 atom stereocenters. The number of nitrogen functional groups attached to an aromatic ring is 1. The highest BCUT2D eigenvalue weighted by Gasteiger charge is 1.99. The molecule has 0 spiro atoms. The zero-order valence-electron chi connectivity index (χ0n) is 9.70. The zero-order chi connectivity index (χ0) is 11.8. The number of ether oxygens (including phenoxy) is 1. The Bertz CT molecular complexity index is 316. The predicted molar refractivity (Wildman–Crippen MR) is 66.6 cm³/mol. The highest BCUT2D eigenvalue weighted by Crippen LogP contribution is 2.20. The van der Waals surface area contributed by atoms with Crippen molar-refractivity contribution in [3.8, 4) is 0 Å². The highest BCUT2D eigenvalue weighted by atomic mass is 16.5. The fourth-order valence-corrected chi connectivity index (χ4v) is 1.41. The summed E-state index contributed by atoms with van der Waals surface area (Å²) in [5, 5.41) is 11.8. The molecule has 0 aliphatic rings. The average molecular weight is 224 g/mol. The van der Waals surface area contributed by atoms with E-state index in [9.17, 15) is 0 Å². The molecule has 1 aromatic carbocycles. The Morgan fingerprint density at radius 2 is 2.19 bits per heavy atom. The summed E-state index contributed by atoms with van der Waals surface area (Å²) in [6.45, 7) is 4.00. The molecule has 1 rings (SSSR count). The van der Waals surface area contributed by atoms with Crippen LogP contribution in [0.2, 0.25) is 0 Å². The summed E-state index contributed by atoms with van der Waals surface area (Å²) >= 11 is 0. The van der Waals surface area contributed by atoms with Crippen molar-refractivity contribution in [3.63, 3.8) is 0 Å². The molecule has 0 radical (unpaired) electrons. The lowest BCUT2D eigenvalue weighted by atomic mass is 10.1. The molecular weight excluding hydrogens is 204 g/mol. The minimum atomic E-state index is 0.0851. The van der Waals surface area contributed by atoms with Crippen molar-refractivity contribution in [2.75, 3.05) is 37.4 Å². The molecule has 0 heterocycles. The van der Waals surface area contributed by atoms with E-state index in [0.29, 0.717) is 13.2 Å². The van der Waals surface area contributed by atoms with Crippen LogP contribution in [0.15, 0.2) is 18.2 Å². The van der Waals surface area contributed by atoms with Gasteiger partial charge in [0.15, 0.2) is 0 Å². The van der Waals surface area contributed by atoms with Gasteiger partial charge in [-0.05, 0) is 31.0 Å². The van der Waals surface area contributed by atoms with Crippen LogP contribution in [-0.2, 0) is 4.74 Å². The van der Waals surface area contributed by atoms with E-state index in [1.54, 1.807) is 0 Å². The summed E-state index contributed by atoms with van der Waals surface area (Å²) in [6.07, 6.45) is 0.911. The van der Waals surface area contributed by atoms with Crippen molar-refractivity contribution in [2.24, 2.45) is 0 Å². The Kier molecular flexibility index (Phi) is 5.67. The molecule has 0 amide bonds. The zero-order valence-corrected chi connectivity index (χ0v) is 9.70. The molecule has 4 nitrogen and oxygen atoms in total. The van der Waals surface area contributed by atoms with Crippen LogP contribution in [-0.4, -0.2) is 31.5 Å². The third-order valence-electron chi connectivity index (χ3n) is 2.39. The van der Waals surface area contributed by atoms with Crippen molar-refractivity contribution in [2.45, 2.75) is 13.3 Å². The molecular formula is C12H20N2O2. The number of nitrogens with two attached hydrogens (primary N) is 1. The topological polar surface area (TPSA) is 67.5 Å². The van der Waals surface area contributed by atoms with E-state index in [0.717, 1.165) is 29.9 Å². The molecule has 1 aromatic rings. The van der Waals surface area contributed by atoms with Gasteiger partial charge in [-0.3, -0.25) is 0 Å². The fraction of sp³-hybridized carbons (Fsp3) is 0.500. The first-order valence-electron chi connectivity index (χ1n) is 5.53. The lowest BCUT2D eigenvalue weighted by molar-refractivity contribution is 0.0922. The monoisotopic (exact) mass is 224 g/mol. The number of hydrogen-bond donors (Lipinski definition) is 3. The normalized spacial score (nSPS) is 10.4. The SMILES string of the molecule is Cc1c(N)cccc1NCCCOCCO. The smallest absolute Gasteiger partial charge is 0.0697 e. The second-order valence-electron chi connectivity index (χ2n) is 3.64. The predicted octanol–water partition coefficient (Wildman–Crippen LogP) is 1.39. The molecule has 4 N–H and O–H groups in total. The van der Waals surface area contributed by atoms with Gasteiger partial charge in [0.2, 0.25) is 0 Å². The van der Waals surface area contributed by atoms with E-state index in [1.807, 2.05) is 25.1 Å². The Hall–Kier alpha value is -1.26. The largest absolute Gasteiger partial charge is 0.398 e. The number of nitrogens with one attached hydrogen (secondary N) is 1. The van der Waals surface area contributed by atoms with Gasteiger partial charge in [-0.25, -0.2) is 0 Å². The van der Waals surface area contributed by atoms with E-state index in [-0.39, 0.29) is 6.61 Å². The lowest BCUT2D eigenvalue weighted by Crippen LogP contribution is -2.08. The summed E-state index contributed by atoms with van der Waals surface area (Å²) in [4.78, 5) is 0. The summed E-state index contributed by atoms with van der Waals surface area (Å²) in [5.74, 6) is 0. The molecule has 0 bridgehead atoms. The van der Waals surface area contributed by atoms with E-state index < -0.39 is 0 Å². The third kappa shape index (κ3) is 4.08. The van der Waals surface area contributed by atoms with Crippen molar-refractivity contribution in [1.82, 2.24) is 0 Å². The summed E-state index contributed by atoms with van der Waals surface area (Å²) in [5.41, 5.74) is 8.76. The maximum atomic E-state index is 8.51. The molecule has 0 fully saturated rings. The van der Waals surface area contributed by atoms with E-state index in [2.05, 4.69) is 5.32 Å². The van der Waals surface area contributed by atoms with Gasteiger partial charge in [0, 0.05) is 24.5 Å². The molecule has 0 saturated heterocycles. The quantitative estimate of drug-likeness (QED) is 0.483. The molecule has 90 valence electrons. The maximum Gasteiger partial charge on any atom is 0.0697 e. The van der Waals surface area contributed by atoms with Gasteiger partial charge in [0.1, 0.15) is 0 Å². The molecule has 0 aromatic heterocycles. The van der Waals surface area contributed by atoms with Gasteiger partial charge in [0.25, 0.3) is 0 Å². The van der Waals surface area contributed by atoms with Crippen LogP contribution in [0.4, 0.5) is 11.4 Å². The number of hydrogen-bond acceptors (Lipinski definition) is 4. The Balaban J connectivity index is 2.24. The molecule has 4 heteroatoms. The highest BCUT2D eigenvalue weighted by molar-refractivity contribution is 5.62. The van der Waals surface area contributed by atoms with Gasteiger partial charge >= 0.3 is 0 Å². The molecule has 0 saturated carbocycles. The number of anilines is 2. The number of aliphatic hydroxyl groups is 1. The molecule has 0 aliphatic carbocycles. The average Bonchev–Trinajstić information content (AvgIpc) is 2.29. The van der Waals surface area contributed by atoms with Crippen LogP contribution in [0.1, 0.15) is 12.0 Å². The first-order valence-corrected chi connectivity index (χ1v) is 5.53. The first-order chi connectivity index (χ1) is 7.75. The van der Waals surface area contributed by atoms with Crippen molar-refractivity contribution in [1.29, 1.82) is 0 Å². The van der Waals surface area contributed by atoms with Crippen molar-refractivity contribution >= 4 is 11.4 Å². The van der Waals surface area contributed by atoms with E-state index in [4.69, 9.17) is 15.6 Å². The van der Waals surface area contributed by atoms with Crippen molar-refractivity contribution < 1.29 is 9.84 Å². The lowest BCUT2D eigenvalue weighted by Gasteiger charge is -2.11. The third-order valence-corrected chi connectivity index (χ3v) is 2.39. The number of aliphatic hydroxyl groups excluding tert-OH is 1. The Morgan fingerprint density at radius 1 is 1.38 bits per heavy atom. The molecule has 0 aliphatic heterocycles. The van der Waals surface area contributed by atoms with E-state index >= 15 is 0 Å². The Labute approximate surface area is 96.4 Å². The number of rotatable bonds is 7. The Morgan fingerprint density at radius 3 is 2.94 bits per heavy atom. The maximum absolute atomic E-state index is 8.51. The molecule has 0 unspecified atom stereocenters. The minimum absolute atomic E-state index is 0.0851. The number of benzene rings is 1. The van der Waals surface area contributed by atoms with Gasteiger partial charge in [-0.2, -0.15) is 0 Å². The summed E-state index contributed by atoms with van der Waals surface area (Å²) in [7, 11) is 0. The fourth-order valence-electron chi connectivity index (χ4n) is 1.41. The van der Waals surface area contributed by atoms with Gasteiger partial charge in [-0.15, -0.1) is 0 Å². The van der Waals surface area contributed by atoms with Crippen LogP contribution >= 0.6 is 0 Å². The summed E-state index contributed by atoms with van der Waals surface area (Å²) in [6, 6.07) is 5.85. The van der Waals surface area contributed by atoms with E-state index in [1.165, 1.54) is 0 Å². The van der Waals surface area contributed by atoms with Crippen LogP contribution < -0.4 is 11.1 Å². The first kappa shape index (κ1) is 12.8. The minimum Gasteiger partial charge on any atom is -0.398 e. The van der Waals surface area contributed by atoms with Crippen LogP contribution in [0.3, 0.4) is 0 Å². The van der Waals surface area contributed by atoms with Gasteiger partial charge in [-0.1, -0.05) is 6.07 Å². The van der Waals surface area contributed by atoms with Crippen LogP contribution in [0.25, 0.3) is 0 Å². The van der Waals surface area contributed by atoms with Gasteiger partial charge in [0.05, 0.1) is 13.2 Å².